The highest BCUT2D eigenvalue weighted by Crippen LogP contribution is 2.15. The van der Waals surface area contributed by atoms with E-state index in [-0.39, 0.29) is 6.04 Å². The summed E-state index contributed by atoms with van der Waals surface area (Å²) in [7, 11) is 0. The van der Waals surface area contributed by atoms with E-state index < -0.39 is 0 Å². The van der Waals surface area contributed by atoms with Crippen LogP contribution >= 0.6 is 0 Å². The maximum Gasteiger partial charge on any atom is 0.229 e. The van der Waals surface area contributed by atoms with Crippen molar-refractivity contribution in [3.63, 3.8) is 0 Å². The van der Waals surface area contributed by atoms with Gasteiger partial charge >= 0.3 is 0 Å². The SMILES string of the molecule is CC(Cc1nc(-c2cccnn2)no1)n1cccn1. The van der Waals surface area contributed by atoms with Crippen molar-refractivity contribution in [1.29, 1.82) is 0 Å². The topological polar surface area (TPSA) is 82.5 Å². The van der Waals surface area contributed by atoms with Crippen LogP contribution in [0.4, 0.5) is 0 Å². The predicted octanol–water partition coefficient (Wildman–Crippen LogP) is 1.53. The second-order valence-electron chi connectivity index (χ2n) is 4.16. The number of nitrogens with zero attached hydrogens (tertiary/aromatic N) is 6. The minimum atomic E-state index is 0.158. The molecule has 7 nitrogen and oxygen atoms in total. The van der Waals surface area contributed by atoms with Gasteiger partial charge in [0, 0.05) is 25.0 Å². The first-order valence-corrected chi connectivity index (χ1v) is 5.93. The van der Waals surface area contributed by atoms with Crippen molar-refractivity contribution in [2.45, 2.75) is 19.4 Å². The summed E-state index contributed by atoms with van der Waals surface area (Å²) in [4.78, 5) is 4.31. The molecule has 96 valence electrons. The van der Waals surface area contributed by atoms with Gasteiger partial charge in [0.15, 0.2) is 0 Å². The van der Waals surface area contributed by atoms with Gasteiger partial charge in [-0.2, -0.15) is 15.2 Å². The average molecular weight is 256 g/mol. The molecule has 0 aliphatic rings. The minimum Gasteiger partial charge on any atom is -0.339 e. The van der Waals surface area contributed by atoms with Crippen molar-refractivity contribution in [2.75, 3.05) is 0 Å². The van der Waals surface area contributed by atoms with Crippen LogP contribution in [0.5, 0.6) is 0 Å². The lowest BCUT2D eigenvalue weighted by Gasteiger charge is -2.08. The zero-order valence-corrected chi connectivity index (χ0v) is 10.3. The van der Waals surface area contributed by atoms with Gasteiger partial charge in [-0.05, 0) is 25.1 Å². The highest BCUT2D eigenvalue weighted by atomic mass is 16.5. The maximum atomic E-state index is 5.22. The predicted molar refractivity (Wildman–Crippen MR) is 66.0 cm³/mol. The number of hydrogen-bond donors (Lipinski definition) is 0. The fourth-order valence-electron chi connectivity index (χ4n) is 1.75. The Balaban J connectivity index is 1.75. The number of hydrogen-bond acceptors (Lipinski definition) is 6. The van der Waals surface area contributed by atoms with Gasteiger partial charge in [-0.1, -0.05) is 5.16 Å². The first-order chi connectivity index (χ1) is 9.33. The van der Waals surface area contributed by atoms with Crippen molar-refractivity contribution in [1.82, 2.24) is 30.1 Å². The molecule has 0 amide bonds. The molecule has 0 fully saturated rings. The van der Waals surface area contributed by atoms with Crippen molar-refractivity contribution in [3.05, 3.63) is 42.7 Å². The normalized spacial score (nSPS) is 12.5. The average Bonchev–Trinajstić information content (AvgIpc) is 3.11. The van der Waals surface area contributed by atoms with Crippen molar-refractivity contribution in [3.8, 4) is 11.5 Å². The molecular weight excluding hydrogens is 244 g/mol. The van der Waals surface area contributed by atoms with Crippen molar-refractivity contribution < 1.29 is 4.52 Å². The Hall–Kier alpha value is -2.57. The van der Waals surface area contributed by atoms with E-state index in [0.29, 0.717) is 23.8 Å². The van der Waals surface area contributed by atoms with Gasteiger partial charge in [0.1, 0.15) is 5.69 Å². The standard InChI is InChI=1S/C12H12N6O/c1-9(18-7-3-6-14-18)8-11-15-12(17-19-11)10-4-2-5-13-16-10/h2-7,9H,8H2,1H3. The number of rotatable bonds is 4. The van der Waals surface area contributed by atoms with E-state index in [1.165, 1.54) is 0 Å². The molecule has 0 radical (unpaired) electrons. The van der Waals surface area contributed by atoms with Crippen LogP contribution in [0.1, 0.15) is 18.9 Å². The molecule has 0 saturated carbocycles. The first kappa shape index (κ1) is 11.5. The van der Waals surface area contributed by atoms with Crippen molar-refractivity contribution in [2.24, 2.45) is 0 Å². The second kappa shape index (κ2) is 4.97. The zero-order chi connectivity index (χ0) is 13.1. The quantitative estimate of drug-likeness (QED) is 0.704. The van der Waals surface area contributed by atoms with E-state index in [9.17, 15) is 0 Å². The van der Waals surface area contributed by atoms with E-state index in [1.807, 2.05) is 23.9 Å². The first-order valence-electron chi connectivity index (χ1n) is 5.93. The Morgan fingerprint density at radius 1 is 1.32 bits per heavy atom. The van der Waals surface area contributed by atoms with Crippen LogP contribution in [0, 0.1) is 0 Å². The van der Waals surface area contributed by atoms with Crippen LogP contribution in [0.3, 0.4) is 0 Å². The van der Waals surface area contributed by atoms with Gasteiger partial charge in [0.05, 0.1) is 6.04 Å². The summed E-state index contributed by atoms with van der Waals surface area (Å²) in [6.07, 6.45) is 5.87. The van der Waals surface area contributed by atoms with E-state index >= 15 is 0 Å². The summed E-state index contributed by atoms with van der Waals surface area (Å²) in [6, 6.07) is 5.61. The van der Waals surface area contributed by atoms with Crippen LogP contribution in [-0.2, 0) is 6.42 Å². The molecule has 0 saturated heterocycles. The largest absolute Gasteiger partial charge is 0.339 e. The molecule has 0 bridgehead atoms. The Labute approximate surface area is 109 Å². The molecule has 3 heterocycles. The molecule has 7 heteroatoms. The second-order valence-corrected chi connectivity index (χ2v) is 4.16. The van der Waals surface area contributed by atoms with E-state index in [0.717, 1.165) is 0 Å². The van der Waals surface area contributed by atoms with E-state index in [2.05, 4.69) is 25.4 Å². The monoisotopic (exact) mass is 256 g/mol. The molecule has 1 unspecified atom stereocenters. The molecule has 0 aliphatic heterocycles. The lowest BCUT2D eigenvalue weighted by Crippen LogP contribution is -2.08. The van der Waals surface area contributed by atoms with Crippen LogP contribution < -0.4 is 0 Å². The Morgan fingerprint density at radius 3 is 3.00 bits per heavy atom. The van der Waals surface area contributed by atoms with Gasteiger partial charge < -0.3 is 4.52 Å². The van der Waals surface area contributed by atoms with E-state index in [4.69, 9.17) is 4.52 Å². The maximum absolute atomic E-state index is 5.22. The summed E-state index contributed by atoms with van der Waals surface area (Å²) in [6.45, 7) is 2.04. The fraction of sp³-hybridized carbons (Fsp3) is 0.250. The fourth-order valence-corrected chi connectivity index (χ4v) is 1.75. The molecule has 3 aromatic heterocycles. The Bertz CT molecular complexity index is 633. The molecular formula is C12H12N6O. The van der Waals surface area contributed by atoms with Gasteiger partial charge in [-0.3, -0.25) is 4.68 Å². The highest BCUT2D eigenvalue weighted by Gasteiger charge is 2.14. The number of aromatic nitrogens is 6. The minimum absolute atomic E-state index is 0.158. The Kier molecular flexibility index (Phi) is 3.01. The van der Waals surface area contributed by atoms with Crippen molar-refractivity contribution >= 4 is 0 Å². The summed E-state index contributed by atoms with van der Waals surface area (Å²) in [5, 5.41) is 15.8. The summed E-state index contributed by atoms with van der Waals surface area (Å²) >= 11 is 0. The molecule has 0 N–H and O–H groups in total. The van der Waals surface area contributed by atoms with Gasteiger partial charge in [-0.25, -0.2) is 0 Å². The van der Waals surface area contributed by atoms with Crippen LogP contribution in [0.15, 0.2) is 41.3 Å². The van der Waals surface area contributed by atoms with Crippen LogP contribution in [0.2, 0.25) is 0 Å². The third-order valence-corrected chi connectivity index (χ3v) is 2.72. The Morgan fingerprint density at radius 2 is 2.26 bits per heavy atom. The lowest BCUT2D eigenvalue weighted by atomic mass is 10.2. The zero-order valence-electron chi connectivity index (χ0n) is 10.3. The van der Waals surface area contributed by atoms with Crippen LogP contribution in [0.25, 0.3) is 11.5 Å². The summed E-state index contributed by atoms with van der Waals surface area (Å²) < 4.78 is 7.07. The molecule has 3 rings (SSSR count). The molecule has 19 heavy (non-hydrogen) atoms. The third-order valence-electron chi connectivity index (χ3n) is 2.72. The highest BCUT2D eigenvalue weighted by molar-refractivity contribution is 5.46. The molecule has 0 spiro atoms. The van der Waals surface area contributed by atoms with E-state index in [1.54, 1.807) is 24.5 Å². The third kappa shape index (κ3) is 2.49. The summed E-state index contributed by atoms with van der Waals surface area (Å²) in [5.41, 5.74) is 0.601. The molecule has 1 atom stereocenters. The lowest BCUT2D eigenvalue weighted by molar-refractivity contribution is 0.349. The molecule has 0 aromatic carbocycles. The van der Waals surface area contributed by atoms with Gasteiger partial charge in [0.2, 0.25) is 11.7 Å². The van der Waals surface area contributed by atoms with Gasteiger partial charge in [0.25, 0.3) is 0 Å². The molecule has 0 aliphatic carbocycles. The molecule has 3 aromatic rings. The van der Waals surface area contributed by atoms with Gasteiger partial charge in [-0.15, -0.1) is 5.10 Å². The van der Waals surface area contributed by atoms with Crippen LogP contribution in [-0.4, -0.2) is 30.1 Å². The summed E-state index contributed by atoms with van der Waals surface area (Å²) in [5.74, 6) is 1.01. The smallest absolute Gasteiger partial charge is 0.229 e.